The molecular weight excluding hydrogens is 246 g/mol. The molecule has 1 aromatic carbocycles. The van der Waals surface area contributed by atoms with Gasteiger partial charge in [-0.05, 0) is 23.8 Å². The number of benzene rings is 1. The molecule has 0 fully saturated rings. The van der Waals surface area contributed by atoms with Crippen LogP contribution < -0.4 is 5.62 Å². The fourth-order valence-electron chi connectivity index (χ4n) is 1.36. The van der Waals surface area contributed by atoms with Crippen molar-refractivity contribution in [3.05, 3.63) is 64.0 Å². The van der Waals surface area contributed by atoms with Crippen LogP contribution in [0.25, 0.3) is 0 Å². The van der Waals surface area contributed by atoms with Crippen molar-refractivity contribution < 1.29 is 4.92 Å². The lowest BCUT2D eigenvalue weighted by molar-refractivity contribution is -0.384. The first-order valence-corrected chi connectivity index (χ1v) is 5.46. The zero-order valence-corrected chi connectivity index (χ0v) is 10.2. The van der Waals surface area contributed by atoms with Gasteiger partial charge < -0.3 is 4.57 Å². The Balaban J connectivity index is 2.18. The molecule has 0 unspecified atom stereocenters. The monoisotopic (exact) mass is 257 g/mol. The number of non-ortho nitro benzene ring substituents is 1. The minimum absolute atomic E-state index is 0.0465. The van der Waals surface area contributed by atoms with Crippen LogP contribution in [0.5, 0.6) is 0 Å². The second-order valence-electron chi connectivity index (χ2n) is 3.72. The quantitative estimate of drug-likeness (QED) is 0.471. The van der Waals surface area contributed by atoms with Gasteiger partial charge in [0.2, 0.25) is 5.62 Å². The zero-order valence-electron chi connectivity index (χ0n) is 10.2. The number of nitro benzene ring substituents is 1. The topological polar surface area (TPSA) is 85.7 Å². The second kappa shape index (κ2) is 5.67. The largest absolute Gasteiger partial charge is 0.319 e. The summed E-state index contributed by atoms with van der Waals surface area (Å²) < 4.78 is 1.73. The van der Waals surface area contributed by atoms with E-state index in [1.54, 1.807) is 29.0 Å². The first-order chi connectivity index (χ1) is 9.16. The van der Waals surface area contributed by atoms with Gasteiger partial charge in [0.1, 0.15) is 0 Å². The predicted molar refractivity (Wildman–Crippen MR) is 69.5 cm³/mol. The average molecular weight is 257 g/mol. The van der Waals surface area contributed by atoms with Crippen LogP contribution in [0.1, 0.15) is 5.56 Å². The third-order valence-corrected chi connectivity index (χ3v) is 2.36. The molecule has 19 heavy (non-hydrogen) atoms. The smallest absolute Gasteiger partial charge is 0.269 e. The Hall–Kier alpha value is -2.83. The highest BCUT2D eigenvalue weighted by Gasteiger charge is 2.02. The van der Waals surface area contributed by atoms with E-state index in [9.17, 15) is 10.1 Å². The van der Waals surface area contributed by atoms with Crippen molar-refractivity contribution in [2.45, 2.75) is 0 Å². The normalized spacial score (nSPS) is 11.9. The molecular formula is C12H11N5O2. The SMILES string of the molecule is Cn1cccn/c1=N\N=Cc1ccc([N+](=O)[O-])cc1. The van der Waals surface area contributed by atoms with E-state index in [0.717, 1.165) is 5.56 Å². The molecule has 1 heterocycles. The molecule has 2 aromatic rings. The van der Waals surface area contributed by atoms with Crippen molar-refractivity contribution in [2.24, 2.45) is 17.3 Å². The molecule has 1 aromatic heterocycles. The maximum absolute atomic E-state index is 10.5. The van der Waals surface area contributed by atoms with Crippen LogP contribution >= 0.6 is 0 Å². The summed E-state index contributed by atoms with van der Waals surface area (Å²) in [5, 5.41) is 18.3. The van der Waals surface area contributed by atoms with Gasteiger partial charge in [0.15, 0.2) is 0 Å². The molecule has 0 amide bonds. The molecule has 0 aliphatic heterocycles. The highest BCUT2D eigenvalue weighted by Crippen LogP contribution is 2.10. The van der Waals surface area contributed by atoms with Gasteiger partial charge in [-0.2, -0.15) is 5.10 Å². The van der Waals surface area contributed by atoms with Crippen molar-refractivity contribution in [3.63, 3.8) is 0 Å². The first-order valence-electron chi connectivity index (χ1n) is 5.46. The lowest BCUT2D eigenvalue weighted by atomic mass is 10.2. The number of aromatic nitrogens is 2. The molecule has 0 atom stereocenters. The van der Waals surface area contributed by atoms with Crippen LogP contribution in [0, 0.1) is 10.1 Å². The molecule has 0 spiro atoms. The van der Waals surface area contributed by atoms with Gasteiger partial charge in [0.25, 0.3) is 5.69 Å². The molecule has 2 rings (SSSR count). The Labute approximate surface area is 108 Å². The van der Waals surface area contributed by atoms with Gasteiger partial charge in [-0.15, -0.1) is 5.10 Å². The molecule has 7 nitrogen and oxygen atoms in total. The van der Waals surface area contributed by atoms with Gasteiger partial charge in [-0.25, -0.2) is 4.98 Å². The van der Waals surface area contributed by atoms with Crippen LogP contribution in [-0.4, -0.2) is 20.7 Å². The summed E-state index contributed by atoms with van der Waals surface area (Å²) in [4.78, 5) is 14.1. The molecule has 96 valence electrons. The third-order valence-electron chi connectivity index (χ3n) is 2.36. The van der Waals surface area contributed by atoms with Crippen LogP contribution in [0.2, 0.25) is 0 Å². The minimum Gasteiger partial charge on any atom is -0.319 e. The molecule has 0 radical (unpaired) electrons. The van der Waals surface area contributed by atoms with Crippen molar-refractivity contribution in [1.82, 2.24) is 9.55 Å². The van der Waals surface area contributed by atoms with E-state index in [0.29, 0.717) is 5.62 Å². The van der Waals surface area contributed by atoms with Crippen molar-refractivity contribution in [1.29, 1.82) is 0 Å². The van der Waals surface area contributed by atoms with E-state index in [2.05, 4.69) is 15.2 Å². The second-order valence-corrected chi connectivity index (χ2v) is 3.72. The van der Waals surface area contributed by atoms with E-state index in [1.165, 1.54) is 18.3 Å². The number of rotatable bonds is 3. The summed E-state index contributed by atoms with van der Waals surface area (Å²) in [6, 6.07) is 7.84. The maximum atomic E-state index is 10.5. The van der Waals surface area contributed by atoms with Crippen LogP contribution in [0.15, 0.2) is 52.9 Å². The molecule has 0 saturated carbocycles. The summed E-state index contributed by atoms with van der Waals surface area (Å²) in [6.45, 7) is 0. The molecule has 0 N–H and O–H groups in total. The molecule has 0 saturated heterocycles. The summed E-state index contributed by atoms with van der Waals surface area (Å²) >= 11 is 0. The Morgan fingerprint density at radius 1 is 1.37 bits per heavy atom. The number of nitro groups is 1. The fourth-order valence-corrected chi connectivity index (χ4v) is 1.36. The predicted octanol–water partition coefficient (Wildman–Crippen LogP) is 1.26. The molecule has 0 aliphatic carbocycles. The van der Waals surface area contributed by atoms with Gasteiger partial charge in [0, 0.05) is 31.6 Å². The lowest BCUT2D eigenvalue weighted by Crippen LogP contribution is -2.19. The lowest BCUT2D eigenvalue weighted by Gasteiger charge is -1.94. The Kier molecular flexibility index (Phi) is 3.77. The Bertz CT molecular complexity index is 673. The average Bonchev–Trinajstić information content (AvgIpc) is 2.41. The molecule has 0 aliphatic rings. The van der Waals surface area contributed by atoms with E-state index in [1.807, 2.05) is 13.2 Å². The third kappa shape index (κ3) is 3.32. The van der Waals surface area contributed by atoms with Crippen molar-refractivity contribution in [3.8, 4) is 0 Å². The Morgan fingerprint density at radius 2 is 2.11 bits per heavy atom. The van der Waals surface area contributed by atoms with Crippen LogP contribution in [0.4, 0.5) is 5.69 Å². The molecule has 7 heteroatoms. The summed E-state index contributed by atoms with van der Waals surface area (Å²) in [5.74, 6) is 0. The highest BCUT2D eigenvalue weighted by atomic mass is 16.6. The van der Waals surface area contributed by atoms with E-state index in [4.69, 9.17) is 0 Å². The van der Waals surface area contributed by atoms with E-state index in [-0.39, 0.29) is 5.69 Å². The summed E-state index contributed by atoms with van der Waals surface area (Å²) in [6.07, 6.45) is 4.95. The molecule has 0 bridgehead atoms. The van der Waals surface area contributed by atoms with Gasteiger partial charge in [-0.3, -0.25) is 10.1 Å². The zero-order chi connectivity index (χ0) is 13.7. The van der Waals surface area contributed by atoms with Crippen LogP contribution in [0.3, 0.4) is 0 Å². The first kappa shape index (κ1) is 12.6. The summed E-state index contributed by atoms with van der Waals surface area (Å²) in [7, 11) is 1.81. The number of hydrogen-bond acceptors (Lipinski definition) is 5. The summed E-state index contributed by atoms with van der Waals surface area (Å²) in [5.41, 5.74) is 1.25. The van der Waals surface area contributed by atoms with Crippen molar-refractivity contribution in [2.75, 3.05) is 0 Å². The van der Waals surface area contributed by atoms with E-state index < -0.39 is 4.92 Å². The standard InChI is InChI=1S/C12H11N5O2/c1-16-8-2-7-13-12(16)15-14-9-10-3-5-11(6-4-10)17(18)19/h2-9H,1H3/b14-9?,15-12+. The number of nitrogens with zero attached hydrogens (tertiary/aromatic N) is 5. The van der Waals surface area contributed by atoms with E-state index >= 15 is 0 Å². The Morgan fingerprint density at radius 3 is 2.74 bits per heavy atom. The fraction of sp³-hybridized carbons (Fsp3) is 0.0833. The minimum atomic E-state index is -0.445. The van der Waals surface area contributed by atoms with Gasteiger partial charge in [0.05, 0.1) is 11.1 Å². The van der Waals surface area contributed by atoms with Gasteiger partial charge >= 0.3 is 0 Å². The highest BCUT2D eigenvalue weighted by molar-refractivity contribution is 5.79. The maximum Gasteiger partial charge on any atom is 0.269 e. The van der Waals surface area contributed by atoms with Crippen LogP contribution in [-0.2, 0) is 7.05 Å². The number of hydrogen-bond donors (Lipinski definition) is 0. The number of aryl methyl sites for hydroxylation is 1. The van der Waals surface area contributed by atoms with Gasteiger partial charge in [-0.1, -0.05) is 0 Å². The van der Waals surface area contributed by atoms with Crippen molar-refractivity contribution >= 4 is 11.9 Å².